The summed E-state index contributed by atoms with van der Waals surface area (Å²) < 4.78 is 5.58. The minimum Gasteiger partial charge on any atom is -0.464 e. The summed E-state index contributed by atoms with van der Waals surface area (Å²) in [5.74, 6) is -1.12. The fourth-order valence-corrected chi connectivity index (χ4v) is 3.02. The van der Waals surface area contributed by atoms with Crippen LogP contribution in [0.4, 0.5) is 5.69 Å². The van der Waals surface area contributed by atoms with E-state index in [-0.39, 0.29) is 11.2 Å². The number of hydrogen-bond donors (Lipinski definition) is 2. The first-order chi connectivity index (χ1) is 11.9. The van der Waals surface area contributed by atoms with E-state index in [1.807, 2.05) is 40.7 Å². The van der Waals surface area contributed by atoms with E-state index in [9.17, 15) is 14.7 Å². The van der Waals surface area contributed by atoms with Gasteiger partial charge in [-0.2, -0.15) is 0 Å². The minimum absolute atomic E-state index is 0.258. The van der Waals surface area contributed by atoms with Crippen LogP contribution in [-0.4, -0.2) is 36.3 Å². The number of fused-ring (bicyclic) bond motifs is 1. The third-order valence-corrected chi connectivity index (χ3v) is 4.75. The van der Waals surface area contributed by atoms with Gasteiger partial charge in [0, 0.05) is 30.6 Å². The zero-order valence-corrected chi connectivity index (χ0v) is 16.5. The molecule has 0 spiro atoms. The fraction of sp³-hybridized carbons (Fsp3) is 0.550. The predicted octanol–water partition coefficient (Wildman–Crippen LogP) is 2.82. The standard InChI is InChI=1S/C20H28N2O4/c1-11(23)12(10-21-7)17(24)22-15-9-16-14(8-13(15)19(2,3)4)20(5,6)18(25)26-16/h8-10,12,18,25H,1-7H3,(H,22,24). The molecule has 0 saturated carbocycles. The maximum absolute atomic E-state index is 12.6. The summed E-state index contributed by atoms with van der Waals surface area (Å²) in [7, 11) is 1.52. The van der Waals surface area contributed by atoms with E-state index in [0.717, 1.165) is 11.1 Å². The van der Waals surface area contributed by atoms with E-state index in [1.54, 1.807) is 6.07 Å². The smallest absolute Gasteiger partial charge is 0.240 e. The Bertz CT molecular complexity index is 760. The maximum atomic E-state index is 12.6. The molecular formula is C20H28N2O4. The first kappa shape index (κ1) is 20.1. The van der Waals surface area contributed by atoms with Crippen molar-refractivity contribution in [3.05, 3.63) is 23.3 Å². The van der Waals surface area contributed by atoms with Crippen molar-refractivity contribution < 1.29 is 19.4 Å². The summed E-state index contributed by atoms with van der Waals surface area (Å²) in [6.07, 6.45) is 0.388. The third kappa shape index (κ3) is 3.65. The number of amides is 1. The zero-order valence-electron chi connectivity index (χ0n) is 16.5. The van der Waals surface area contributed by atoms with E-state index in [2.05, 4.69) is 10.3 Å². The number of rotatable bonds is 4. The van der Waals surface area contributed by atoms with Gasteiger partial charge in [-0.25, -0.2) is 0 Å². The van der Waals surface area contributed by atoms with Gasteiger partial charge in [0.25, 0.3) is 0 Å². The lowest BCUT2D eigenvalue weighted by atomic mass is 9.79. The van der Waals surface area contributed by atoms with Crippen molar-refractivity contribution in [2.45, 2.75) is 58.7 Å². The number of nitrogens with one attached hydrogen (secondary N) is 1. The second-order valence-corrected chi connectivity index (χ2v) is 8.32. The van der Waals surface area contributed by atoms with Crippen LogP contribution in [0.15, 0.2) is 17.1 Å². The van der Waals surface area contributed by atoms with Gasteiger partial charge >= 0.3 is 0 Å². The van der Waals surface area contributed by atoms with Gasteiger partial charge < -0.3 is 15.2 Å². The number of carbonyl (C=O) groups excluding carboxylic acids is 2. The Morgan fingerprint density at radius 2 is 1.96 bits per heavy atom. The molecular weight excluding hydrogens is 332 g/mol. The quantitative estimate of drug-likeness (QED) is 0.638. The third-order valence-electron chi connectivity index (χ3n) is 4.75. The van der Waals surface area contributed by atoms with Crippen molar-refractivity contribution in [3.8, 4) is 5.75 Å². The molecule has 0 fully saturated rings. The molecule has 6 nitrogen and oxygen atoms in total. The van der Waals surface area contributed by atoms with Crippen molar-refractivity contribution in [3.63, 3.8) is 0 Å². The minimum atomic E-state index is -0.950. The van der Waals surface area contributed by atoms with Crippen LogP contribution in [-0.2, 0) is 20.4 Å². The lowest BCUT2D eigenvalue weighted by Crippen LogP contribution is -2.32. The monoisotopic (exact) mass is 360 g/mol. The Balaban J connectivity index is 2.51. The summed E-state index contributed by atoms with van der Waals surface area (Å²) in [6, 6.07) is 3.70. The maximum Gasteiger partial charge on any atom is 0.240 e. The lowest BCUT2D eigenvalue weighted by Gasteiger charge is -2.26. The SMILES string of the molecule is CN=CC(C(C)=O)C(=O)Nc1cc2c(cc1C(C)(C)C)C(C)(C)C(O)O2. The lowest BCUT2D eigenvalue weighted by molar-refractivity contribution is -0.126. The fourth-order valence-electron chi connectivity index (χ4n) is 3.02. The van der Waals surface area contributed by atoms with Crippen molar-refractivity contribution in [1.29, 1.82) is 0 Å². The highest BCUT2D eigenvalue weighted by molar-refractivity contribution is 6.17. The van der Waals surface area contributed by atoms with Gasteiger partial charge in [-0.15, -0.1) is 0 Å². The van der Waals surface area contributed by atoms with Gasteiger partial charge in [-0.1, -0.05) is 20.8 Å². The molecule has 6 heteroatoms. The van der Waals surface area contributed by atoms with Crippen LogP contribution in [0.25, 0.3) is 0 Å². The Morgan fingerprint density at radius 3 is 2.46 bits per heavy atom. The first-order valence-corrected chi connectivity index (χ1v) is 8.67. The second kappa shape index (κ2) is 6.83. The molecule has 26 heavy (non-hydrogen) atoms. The number of ketones is 1. The van der Waals surface area contributed by atoms with E-state index in [1.165, 1.54) is 20.2 Å². The molecule has 0 bridgehead atoms. The average Bonchev–Trinajstić information content (AvgIpc) is 2.72. The number of anilines is 1. The van der Waals surface area contributed by atoms with E-state index in [0.29, 0.717) is 11.4 Å². The van der Waals surface area contributed by atoms with E-state index >= 15 is 0 Å². The highest BCUT2D eigenvalue weighted by atomic mass is 16.6. The molecule has 1 aromatic carbocycles. The number of Topliss-reactive ketones (excluding diaryl/α,β-unsaturated/α-hetero) is 1. The second-order valence-electron chi connectivity index (χ2n) is 8.32. The van der Waals surface area contributed by atoms with Gasteiger partial charge in [-0.3, -0.25) is 14.6 Å². The van der Waals surface area contributed by atoms with Crippen LogP contribution < -0.4 is 10.1 Å². The van der Waals surface area contributed by atoms with Crippen molar-refractivity contribution in [2.24, 2.45) is 10.9 Å². The molecule has 2 rings (SSSR count). The van der Waals surface area contributed by atoms with Crippen molar-refractivity contribution >= 4 is 23.6 Å². The Kier molecular flexibility index (Phi) is 5.29. The molecule has 0 radical (unpaired) electrons. The molecule has 0 aliphatic carbocycles. The first-order valence-electron chi connectivity index (χ1n) is 8.67. The molecule has 1 amide bonds. The topological polar surface area (TPSA) is 88.0 Å². The Labute approximate surface area is 154 Å². The summed E-state index contributed by atoms with van der Waals surface area (Å²) in [5.41, 5.74) is 1.57. The van der Waals surface area contributed by atoms with Crippen LogP contribution >= 0.6 is 0 Å². The van der Waals surface area contributed by atoms with Gasteiger partial charge in [-0.05, 0) is 37.8 Å². The predicted molar refractivity (Wildman–Crippen MR) is 102 cm³/mol. The van der Waals surface area contributed by atoms with Crippen molar-refractivity contribution in [1.82, 2.24) is 0 Å². The highest BCUT2D eigenvalue weighted by Gasteiger charge is 2.42. The van der Waals surface area contributed by atoms with Crippen LogP contribution in [0.1, 0.15) is 52.7 Å². The number of carbonyl (C=O) groups is 2. The average molecular weight is 360 g/mol. The molecule has 0 saturated heterocycles. The van der Waals surface area contributed by atoms with Crippen molar-refractivity contribution in [2.75, 3.05) is 12.4 Å². The number of nitrogens with zero attached hydrogens (tertiary/aromatic N) is 1. The molecule has 1 aliphatic heterocycles. The van der Waals surface area contributed by atoms with Gasteiger partial charge in [0.05, 0.1) is 5.41 Å². The molecule has 2 atom stereocenters. The number of ether oxygens (including phenoxy) is 1. The van der Waals surface area contributed by atoms with Crippen LogP contribution in [0.5, 0.6) is 5.75 Å². The summed E-state index contributed by atoms with van der Waals surface area (Å²) in [4.78, 5) is 28.2. The number of aliphatic imine (C=N–C) groups is 1. The Morgan fingerprint density at radius 1 is 1.35 bits per heavy atom. The molecule has 2 N–H and O–H groups in total. The molecule has 1 aromatic rings. The molecule has 0 aromatic heterocycles. The summed E-state index contributed by atoms with van der Waals surface area (Å²) in [5, 5.41) is 13.0. The van der Waals surface area contributed by atoms with Gasteiger partial charge in [0.2, 0.25) is 12.2 Å². The van der Waals surface area contributed by atoms with E-state index < -0.39 is 23.5 Å². The number of aliphatic hydroxyl groups is 1. The zero-order chi connectivity index (χ0) is 19.9. The number of hydrogen-bond acceptors (Lipinski definition) is 5. The van der Waals surface area contributed by atoms with E-state index in [4.69, 9.17) is 4.74 Å². The summed E-state index contributed by atoms with van der Waals surface area (Å²) >= 11 is 0. The number of benzene rings is 1. The molecule has 142 valence electrons. The molecule has 1 aliphatic rings. The molecule has 1 heterocycles. The molecule has 2 unspecified atom stereocenters. The largest absolute Gasteiger partial charge is 0.464 e. The Hall–Kier alpha value is -2.21. The van der Waals surface area contributed by atoms with Crippen LogP contribution in [0.2, 0.25) is 0 Å². The number of aliphatic hydroxyl groups excluding tert-OH is 1. The highest BCUT2D eigenvalue weighted by Crippen LogP contribution is 2.46. The van der Waals surface area contributed by atoms with Crippen LogP contribution in [0.3, 0.4) is 0 Å². The normalized spacial score (nSPS) is 19.8. The summed E-state index contributed by atoms with van der Waals surface area (Å²) in [6.45, 7) is 11.3. The van der Waals surface area contributed by atoms with Crippen LogP contribution in [0, 0.1) is 5.92 Å². The van der Waals surface area contributed by atoms with Gasteiger partial charge in [0.1, 0.15) is 17.5 Å². The van der Waals surface area contributed by atoms with Gasteiger partial charge in [0.15, 0.2) is 0 Å².